The molecule has 0 saturated carbocycles. The average molecular weight is 262 g/mol. The van der Waals surface area contributed by atoms with Crippen molar-refractivity contribution in [1.82, 2.24) is 20.3 Å². The van der Waals surface area contributed by atoms with Crippen LogP contribution in [0.2, 0.25) is 0 Å². The number of methoxy groups -OCH3 is 2. The van der Waals surface area contributed by atoms with Crippen LogP contribution in [0.15, 0.2) is 30.6 Å². The van der Waals surface area contributed by atoms with Gasteiger partial charge >= 0.3 is 0 Å². The van der Waals surface area contributed by atoms with E-state index in [0.29, 0.717) is 0 Å². The number of nitrogens with one attached hydrogen (secondary N) is 1. The number of nitrogens with zero attached hydrogens (tertiary/aromatic N) is 3. The van der Waals surface area contributed by atoms with Crippen LogP contribution in [-0.2, 0) is 13.1 Å². The molecular weight excluding hydrogens is 244 g/mol. The van der Waals surface area contributed by atoms with E-state index in [0.717, 1.165) is 36.7 Å². The molecule has 0 atom stereocenters. The fourth-order valence-electron chi connectivity index (χ4n) is 1.79. The summed E-state index contributed by atoms with van der Waals surface area (Å²) in [6, 6.07) is 5.77. The van der Waals surface area contributed by atoms with Gasteiger partial charge in [-0.05, 0) is 18.2 Å². The van der Waals surface area contributed by atoms with Gasteiger partial charge in [-0.25, -0.2) is 0 Å². The maximum Gasteiger partial charge on any atom is 0.123 e. The van der Waals surface area contributed by atoms with Crippen LogP contribution in [0.1, 0.15) is 5.56 Å². The van der Waals surface area contributed by atoms with Crippen molar-refractivity contribution in [2.24, 2.45) is 0 Å². The van der Waals surface area contributed by atoms with Gasteiger partial charge < -0.3 is 14.8 Å². The van der Waals surface area contributed by atoms with E-state index in [9.17, 15) is 0 Å². The van der Waals surface area contributed by atoms with Crippen molar-refractivity contribution in [3.05, 3.63) is 36.2 Å². The Morgan fingerprint density at radius 1 is 1.26 bits per heavy atom. The highest BCUT2D eigenvalue weighted by molar-refractivity contribution is 5.40. The molecule has 0 aliphatic heterocycles. The van der Waals surface area contributed by atoms with Crippen molar-refractivity contribution < 1.29 is 9.47 Å². The lowest BCUT2D eigenvalue weighted by atomic mass is 10.2. The van der Waals surface area contributed by atoms with Gasteiger partial charge in [-0.15, -0.1) is 5.10 Å². The molecule has 6 heteroatoms. The number of hydrogen-bond acceptors (Lipinski definition) is 5. The minimum atomic E-state index is 0.717. The largest absolute Gasteiger partial charge is 0.497 e. The number of ether oxygens (including phenoxy) is 2. The summed E-state index contributed by atoms with van der Waals surface area (Å²) in [5.41, 5.74) is 1.07. The SMILES string of the molecule is COc1ccc(OC)c(CNCCn2ccnn2)c1. The Morgan fingerprint density at radius 2 is 2.16 bits per heavy atom. The van der Waals surface area contributed by atoms with Crippen LogP contribution in [0.3, 0.4) is 0 Å². The molecule has 0 bridgehead atoms. The molecule has 6 nitrogen and oxygen atoms in total. The Balaban J connectivity index is 1.87. The van der Waals surface area contributed by atoms with Crippen molar-refractivity contribution in [3.8, 4) is 11.5 Å². The number of benzene rings is 1. The van der Waals surface area contributed by atoms with E-state index in [1.165, 1.54) is 0 Å². The topological polar surface area (TPSA) is 61.2 Å². The molecule has 0 saturated heterocycles. The third-order valence-electron chi connectivity index (χ3n) is 2.79. The molecule has 19 heavy (non-hydrogen) atoms. The molecule has 0 radical (unpaired) electrons. The summed E-state index contributed by atoms with van der Waals surface area (Å²) in [4.78, 5) is 0. The van der Waals surface area contributed by atoms with Crippen LogP contribution >= 0.6 is 0 Å². The number of rotatable bonds is 7. The maximum absolute atomic E-state index is 5.32. The Kier molecular flexibility index (Phi) is 4.74. The van der Waals surface area contributed by atoms with Gasteiger partial charge in [0.25, 0.3) is 0 Å². The minimum Gasteiger partial charge on any atom is -0.497 e. The Morgan fingerprint density at radius 3 is 2.84 bits per heavy atom. The average Bonchev–Trinajstić information content (AvgIpc) is 2.96. The summed E-state index contributed by atoms with van der Waals surface area (Å²) in [5.74, 6) is 1.68. The zero-order valence-corrected chi connectivity index (χ0v) is 11.2. The molecule has 0 aliphatic carbocycles. The molecule has 0 unspecified atom stereocenters. The summed E-state index contributed by atoms with van der Waals surface area (Å²) >= 11 is 0. The second-order valence-corrected chi connectivity index (χ2v) is 4.02. The summed E-state index contributed by atoms with van der Waals surface area (Å²) in [6.45, 7) is 2.31. The third kappa shape index (κ3) is 3.69. The maximum atomic E-state index is 5.32. The summed E-state index contributed by atoms with van der Waals surface area (Å²) < 4.78 is 12.3. The fraction of sp³-hybridized carbons (Fsp3) is 0.385. The van der Waals surface area contributed by atoms with Crippen LogP contribution in [0.25, 0.3) is 0 Å². The normalized spacial score (nSPS) is 10.4. The molecule has 0 spiro atoms. The monoisotopic (exact) mass is 262 g/mol. The van der Waals surface area contributed by atoms with Gasteiger partial charge in [-0.2, -0.15) is 0 Å². The Bertz CT molecular complexity index is 499. The third-order valence-corrected chi connectivity index (χ3v) is 2.79. The summed E-state index contributed by atoms with van der Waals surface area (Å²) in [7, 11) is 3.32. The summed E-state index contributed by atoms with van der Waals surface area (Å²) in [6.07, 6.45) is 3.51. The zero-order valence-electron chi connectivity index (χ0n) is 11.2. The van der Waals surface area contributed by atoms with E-state index in [1.807, 2.05) is 24.4 Å². The molecule has 0 fully saturated rings. The molecule has 1 aromatic carbocycles. The van der Waals surface area contributed by atoms with Crippen LogP contribution in [-0.4, -0.2) is 35.8 Å². The molecule has 1 N–H and O–H groups in total. The van der Waals surface area contributed by atoms with Crippen molar-refractivity contribution in [1.29, 1.82) is 0 Å². The van der Waals surface area contributed by atoms with Crippen molar-refractivity contribution in [2.75, 3.05) is 20.8 Å². The van der Waals surface area contributed by atoms with Gasteiger partial charge in [-0.1, -0.05) is 5.21 Å². The highest BCUT2D eigenvalue weighted by Crippen LogP contribution is 2.23. The van der Waals surface area contributed by atoms with Gasteiger partial charge in [0.1, 0.15) is 11.5 Å². The van der Waals surface area contributed by atoms with E-state index >= 15 is 0 Å². The lowest BCUT2D eigenvalue weighted by Crippen LogP contribution is -2.20. The van der Waals surface area contributed by atoms with E-state index in [4.69, 9.17) is 9.47 Å². The van der Waals surface area contributed by atoms with Crippen molar-refractivity contribution >= 4 is 0 Å². The van der Waals surface area contributed by atoms with Crippen LogP contribution in [0.5, 0.6) is 11.5 Å². The fourth-order valence-corrected chi connectivity index (χ4v) is 1.79. The molecule has 0 amide bonds. The van der Waals surface area contributed by atoms with E-state index in [-0.39, 0.29) is 0 Å². The quantitative estimate of drug-likeness (QED) is 0.757. The Labute approximate surface area is 112 Å². The molecule has 1 heterocycles. The molecule has 102 valence electrons. The van der Waals surface area contributed by atoms with Gasteiger partial charge in [0.05, 0.1) is 27.0 Å². The first-order valence-corrected chi connectivity index (χ1v) is 6.09. The molecule has 0 aliphatic rings. The van der Waals surface area contributed by atoms with Crippen LogP contribution < -0.4 is 14.8 Å². The highest BCUT2D eigenvalue weighted by Gasteiger charge is 2.04. The lowest BCUT2D eigenvalue weighted by Gasteiger charge is -2.11. The first kappa shape index (κ1) is 13.4. The minimum absolute atomic E-state index is 0.717. The summed E-state index contributed by atoms with van der Waals surface area (Å²) in [5, 5.41) is 11.0. The van der Waals surface area contributed by atoms with Gasteiger partial charge in [0.2, 0.25) is 0 Å². The van der Waals surface area contributed by atoms with E-state index < -0.39 is 0 Å². The van der Waals surface area contributed by atoms with E-state index in [2.05, 4.69) is 15.6 Å². The number of aromatic nitrogens is 3. The first-order valence-electron chi connectivity index (χ1n) is 6.09. The van der Waals surface area contributed by atoms with Crippen molar-refractivity contribution in [3.63, 3.8) is 0 Å². The molecule has 2 rings (SSSR count). The van der Waals surface area contributed by atoms with E-state index in [1.54, 1.807) is 25.1 Å². The van der Waals surface area contributed by atoms with Crippen LogP contribution in [0, 0.1) is 0 Å². The van der Waals surface area contributed by atoms with Gasteiger partial charge in [0.15, 0.2) is 0 Å². The Hall–Kier alpha value is -2.08. The zero-order chi connectivity index (χ0) is 13.5. The van der Waals surface area contributed by atoms with Crippen LogP contribution in [0.4, 0.5) is 0 Å². The predicted octanol–water partition coefficient (Wildman–Crippen LogP) is 1.09. The second kappa shape index (κ2) is 6.75. The molecular formula is C13H18N4O2. The van der Waals surface area contributed by atoms with Gasteiger partial charge in [-0.3, -0.25) is 4.68 Å². The molecule has 1 aromatic heterocycles. The molecule has 2 aromatic rings. The standard InChI is InChI=1S/C13H18N4O2/c1-18-12-3-4-13(19-2)11(9-12)10-14-5-7-17-8-6-15-16-17/h3-4,6,8-9,14H,5,7,10H2,1-2H3. The first-order chi connectivity index (χ1) is 9.33. The van der Waals surface area contributed by atoms with Gasteiger partial charge in [0, 0.05) is 24.8 Å². The second-order valence-electron chi connectivity index (χ2n) is 4.02. The lowest BCUT2D eigenvalue weighted by molar-refractivity contribution is 0.396. The van der Waals surface area contributed by atoms with Crippen molar-refractivity contribution in [2.45, 2.75) is 13.1 Å². The predicted molar refractivity (Wildman–Crippen MR) is 71.3 cm³/mol. The number of hydrogen-bond donors (Lipinski definition) is 1. The highest BCUT2D eigenvalue weighted by atomic mass is 16.5. The smallest absolute Gasteiger partial charge is 0.123 e.